The molecule has 0 aliphatic heterocycles. The van der Waals surface area contributed by atoms with Gasteiger partial charge in [-0.15, -0.1) is 11.3 Å². The minimum absolute atomic E-state index is 0.0893. The van der Waals surface area contributed by atoms with Crippen LogP contribution in [0, 0.1) is 0 Å². The number of thioether (sulfide) groups is 1. The molecule has 0 saturated carbocycles. The second-order valence-corrected chi connectivity index (χ2v) is 7.68. The van der Waals surface area contributed by atoms with Crippen LogP contribution in [0.15, 0.2) is 51.4 Å². The number of nitrogens with one attached hydrogen (secondary N) is 3. The van der Waals surface area contributed by atoms with Crippen LogP contribution in [0.1, 0.15) is 12.2 Å². The number of fused-ring (bicyclic) bond motifs is 1. The quantitative estimate of drug-likeness (QED) is 0.328. The molecule has 0 aliphatic carbocycles. The first kappa shape index (κ1) is 18.9. The molecule has 3 rings (SSSR count). The van der Waals surface area contributed by atoms with Crippen LogP contribution in [0.2, 0.25) is 0 Å². The lowest BCUT2D eigenvalue weighted by atomic mass is 10.3. The van der Waals surface area contributed by atoms with Crippen LogP contribution in [-0.2, 0) is 20.9 Å². The van der Waals surface area contributed by atoms with Crippen LogP contribution in [0.25, 0.3) is 10.2 Å². The Kier molecular flexibility index (Phi) is 6.44. The van der Waals surface area contributed by atoms with Crippen molar-refractivity contribution in [3.63, 3.8) is 0 Å². The number of nitrogens with zero attached hydrogens (tertiary/aromatic N) is 1. The number of furan rings is 1. The summed E-state index contributed by atoms with van der Waals surface area (Å²) in [6.45, 7) is 0.0893. The van der Waals surface area contributed by atoms with Gasteiger partial charge in [0.1, 0.15) is 5.76 Å². The number of amides is 3. The van der Waals surface area contributed by atoms with Gasteiger partial charge in [-0.25, -0.2) is 4.98 Å². The zero-order valence-corrected chi connectivity index (χ0v) is 15.7. The molecule has 3 aromatic rings. The van der Waals surface area contributed by atoms with Crippen molar-refractivity contribution in [1.29, 1.82) is 0 Å². The summed E-state index contributed by atoms with van der Waals surface area (Å²) >= 11 is 3.03. The molecule has 0 bridgehead atoms. The van der Waals surface area contributed by atoms with Crippen molar-refractivity contribution >= 4 is 51.0 Å². The van der Waals surface area contributed by atoms with Crippen LogP contribution in [0.3, 0.4) is 0 Å². The highest BCUT2D eigenvalue weighted by Gasteiger charge is 2.14. The summed E-state index contributed by atoms with van der Waals surface area (Å²) in [7, 11) is 0. The van der Waals surface area contributed by atoms with E-state index >= 15 is 0 Å². The molecular weight excluding hydrogens is 388 g/mol. The first-order valence-corrected chi connectivity index (χ1v) is 9.80. The molecule has 8 nitrogen and oxygen atoms in total. The van der Waals surface area contributed by atoms with Crippen LogP contribution in [0.5, 0.6) is 0 Å². The summed E-state index contributed by atoms with van der Waals surface area (Å²) in [5.74, 6) is -1.18. The van der Waals surface area contributed by atoms with E-state index < -0.39 is 17.7 Å². The van der Waals surface area contributed by atoms with E-state index in [1.165, 1.54) is 18.0 Å². The Hall–Kier alpha value is -2.85. The third-order valence-electron chi connectivity index (χ3n) is 3.35. The van der Waals surface area contributed by atoms with Gasteiger partial charge in [0, 0.05) is 12.2 Å². The predicted molar refractivity (Wildman–Crippen MR) is 102 cm³/mol. The van der Waals surface area contributed by atoms with E-state index in [0.717, 1.165) is 14.6 Å². The molecule has 3 N–H and O–H groups in total. The number of thiazole rings is 1. The van der Waals surface area contributed by atoms with E-state index in [-0.39, 0.29) is 13.0 Å². The highest BCUT2D eigenvalue weighted by molar-refractivity contribution is 8.01. The summed E-state index contributed by atoms with van der Waals surface area (Å²) in [4.78, 5) is 39.5. The van der Waals surface area contributed by atoms with Crippen molar-refractivity contribution in [2.24, 2.45) is 0 Å². The Morgan fingerprint density at radius 3 is 2.70 bits per heavy atom. The number of carbonyl (C=O) groups is 3. The topological polar surface area (TPSA) is 113 Å². The number of aromatic nitrogens is 1. The average Bonchev–Trinajstić information content (AvgIpc) is 3.33. The van der Waals surface area contributed by atoms with Crippen molar-refractivity contribution in [3.05, 3.63) is 48.4 Å². The lowest BCUT2D eigenvalue weighted by Gasteiger charge is -2.07. The highest BCUT2D eigenvalue weighted by Crippen LogP contribution is 2.29. The Bertz CT molecular complexity index is 906. The second-order valence-electron chi connectivity index (χ2n) is 5.31. The zero-order valence-electron chi connectivity index (χ0n) is 14.1. The van der Waals surface area contributed by atoms with Crippen molar-refractivity contribution < 1.29 is 18.8 Å². The molecule has 140 valence electrons. The summed E-state index contributed by atoms with van der Waals surface area (Å²) < 4.78 is 7.01. The molecule has 3 amide bonds. The minimum Gasteiger partial charge on any atom is -0.467 e. The third-order valence-corrected chi connectivity index (χ3v) is 5.53. The van der Waals surface area contributed by atoms with E-state index in [1.807, 2.05) is 24.3 Å². The summed E-state index contributed by atoms with van der Waals surface area (Å²) in [5, 5.41) is 2.38. The molecular formula is C17H16N4O4S2. The van der Waals surface area contributed by atoms with Gasteiger partial charge in [-0.3, -0.25) is 25.2 Å². The third kappa shape index (κ3) is 5.56. The monoisotopic (exact) mass is 404 g/mol. The number of carbonyl (C=O) groups excluding carboxylic acids is 3. The molecule has 0 radical (unpaired) electrons. The molecule has 10 heteroatoms. The Morgan fingerprint density at radius 2 is 1.93 bits per heavy atom. The molecule has 0 unspecified atom stereocenters. The zero-order chi connectivity index (χ0) is 19.1. The smallest absolute Gasteiger partial charge is 0.327 e. The fourth-order valence-corrected chi connectivity index (χ4v) is 4.13. The van der Waals surface area contributed by atoms with Crippen molar-refractivity contribution in [3.8, 4) is 0 Å². The van der Waals surface area contributed by atoms with Crippen LogP contribution < -0.4 is 16.2 Å². The Labute approximate surface area is 162 Å². The maximum absolute atomic E-state index is 11.8. The number of benzene rings is 1. The summed E-state index contributed by atoms with van der Waals surface area (Å²) in [5.41, 5.74) is 5.23. The predicted octanol–water partition coefficient (Wildman–Crippen LogP) is 1.84. The average molecular weight is 404 g/mol. The van der Waals surface area contributed by atoms with E-state index in [2.05, 4.69) is 21.2 Å². The molecule has 0 aliphatic rings. The number of hydrogen-bond acceptors (Lipinski definition) is 7. The van der Waals surface area contributed by atoms with Crippen LogP contribution >= 0.6 is 23.1 Å². The Morgan fingerprint density at radius 1 is 1.07 bits per heavy atom. The first-order chi connectivity index (χ1) is 13.1. The standard InChI is InChI=1S/C17H16N4O4S2/c22-14(7-9-26-17-19-12-5-1-2-6-13(12)27-17)20-21-16(24)15(23)18-10-11-4-3-8-25-11/h1-6,8H,7,9-10H2,(H,18,23)(H,20,22)(H,21,24). The fraction of sp³-hybridized carbons (Fsp3) is 0.176. The van der Waals surface area contributed by atoms with Gasteiger partial charge in [0.2, 0.25) is 5.91 Å². The fourth-order valence-electron chi connectivity index (χ4n) is 2.05. The van der Waals surface area contributed by atoms with Crippen LogP contribution in [0.4, 0.5) is 0 Å². The van der Waals surface area contributed by atoms with E-state index in [1.54, 1.807) is 23.5 Å². The van der Waals surface area contributed by atoms with Crippen molar-refractivity contribution in [1.82, 2.24) is 21.2 Å². The van der Waals surface area contributed by atoms with Crippen LogP contribution in [-0.4, -0.2) is 28.5 Å². The van der Waals surface area contributed by atoms with Gasteiger partial charge in [0.25, 0.3) is 0 Å². The lowest BCUT2D eigenvalue weighted by Crippen LogP contribution is -2.48. The van der Waals surface area contributed by atoms with Gasteiger partial charge < -0.3 is 9.73 Å². The molecule has 0 saturated heterocycles. The number of para-hydroxylation sites is 1. The number of hydrogen-bond donors (Lipinski definition) is 3. The largest absolute Gasteiger partial charge is 0.467 e. The van der Waals surface area contributed by atoms with Gasteiger partial charge >= 0.3 is 11.8 Å². The molecule has 0 atom stereocenters. The normalized spacial score (nSPS) is 10.5. The Balaban J connectivity index is 1.34. The summed E-state index contributed by atoms with van der Waals surface area (Å²) in [6.07, 6.45) is 1.64. The summed E-state index contributed by atoms with van der Waals surface area (Å²) in [6, 6.07) is 11.2. The van der Waals surface area contributed by atoms with Gasteiger partial charge in [-0.05, 0) is 24.3 Å². The van der Waals surface area contributed by atoms with Crippen molar-refractivity contribution in [2.75, 3.05) is 5.75 Å². The minimum atomic E-state index is -0.950. The van der Waals surface area contributed by atoms with E-state index in [4.69, 9.17) is 4.42 Å². The second kappa shape index (κ2) is 9.19. The maximum Gasteiger partial charge on any atom is 0.327 e. The maximum atomic E-state index is 11.8. The van der Waals surface area contributed by atoms with Gasteiger partial charge in [-0.2, -0.15) is 0 Å². The van der Waals surface area contributed by atoms with Gasteiger partial charge in [-0.1, -0.05) is 23.9 Å². The van der Waals surface area contributed by atoms with E-state index in [0.29, 0.717) is 11.5 Å². The van der Waals surface area contributed by atoms with E-state index in [9.17, 15) is 14.4 Å². The molecule has 2 heterocycles. The molecule has 2 aromatic heterocycles. The molecule has 27 heavy (non-hydrogen) atoms. The molecule has 0 spiro atoms. The number of rotatable bonds is 6. The highest BCUT2D eigenvalue weighted by atomic mass is 32.2. The van der Waals surface area contributed by atoms with Crippen molar-refractivity contribution in [2.45, 2.75) is 17.3 Å². The first-order valence-electron chi connectivity index (χ1n) is 7.99. The number of hydrazine groups is 1. The van der Waals surface area contributed by atoms with Gasteiger partial charge in [0.05, 0.1) is 23.0 Å². The molecule has 0 fully saturated rings. The van der Waals surface area contributed by atoms with Gasteiger partial charge in [0.15, 0.2) is 4.34 Å². The molecule has 1 aromatic carbocycles. The lowest BCUT2D eigenvalue weighted by molar-refractivity contribution is -0.141. The SMILES string of the molecule is O=C(CCSc1nc2ccccc2s1)NNC(=O)C(=O)NCc1ccco1.